The number of carboxylic acid groups (broad SMARTS) is 1. The van der Waals surface area contributed by atoms with E-state index in [1.54, 1.807) is 24.3 Å². The Morgan fingerprint density at radius 3 is 1.87 bits per heavy atom. The highest BCUT2D eigenvalue weighted by atomic mass is 16.6. The lowest BCUT2D eigenvalue weighted by Crippen LogP contribution is -2.61. The van der Waals surface area contributed by atoms with Crippen LogP contribution in [0.5, 0.6) is 0 Å². The number of aliphatic carboxylic acids is 1. The first-order valence-electron chi connectivity index (χ1n) is 9.46. The van der Waals surface area contributed by atoms with E-state index in [1.165, 1.54) is 6.08 Å². The molecule has 1 aliphatic heterocycles. The predicted molar refractivity (Wildman–Crippen MR) is 109 cm³/mol. The number of ether oxygens (including phenoxy) is 3. The Hall–Kier alpha value is -3.85. The van der Waals surface area contributed by atoms with Gasteiger partial charge >= 0.3 is 18.2 Å². The van der Waals surface area contributed by atoms with Crippen LogP contribution in [-0.4, -0.2) is 42.0 Å². The monoisotopic (exact) mass is 426 g/mol. The van der Waals surface area contributed by atoms with E-state index >= 15 is 0 Å². The van der Waals surface area contributed by atoms with Crippen molar-refractivity contribution in [3.8, 4) is 0 Å². The molecule has 0 atom stereocenters. The van der Waals surface area contributed by atoms with Crippen molar-refractivity contribution in [1.29, 1.82) is 0 Å². The van der Waals surface area contributed by atoms with Crippen molar-refractivity contribution >= 4 is 18.2 Å². The lowest BCUT2D eigenvalue weighted by molar-refractivity contribution is -0.133. The highest BCUT2D eigenvalue weighted by Crippen LogP contribution is 2.21. The number of alkyl carbamates (subject to hydrolysis) is 2. The van der Waals surface area contributed by atoms with E-state index in [2.05, 4.69) is 10.6 Å². The molecule has 0 aromatic heterocycles. The maximum Gasteiger partial charge on any atom is 0.412 e. The second kappa shape index (κ2) is 10.3. The predicted octanol–water partition coefficient (Wildman–Crippen LogP) is 2.58. The summed E-state index contributed by atoms with van der Waals surface area (Å²) in [6.07, 6.45) is -0.453. The molecule has 162 valence electrons. The Morgan fingerprint density at radius 2 is 1.42 bits per heavy atom. The molecule has 3 rings (SSSR count). The van der Waals surface area contributed by atoms with Gasteiger partial charge in [-0.3, -0.25) is 5.32 Å². The first-order valence-corrected chi connectivity index (χ1v) is 9.46. The molecule has 0 radical (unpaired) electrons. The summed E-state index contributed by atoms with van der Waals surface area (Å²) in [5.74, 6) is -1.39. The van der Waals surface area contributed by atoms with Crippen molar-refractivity contribution < 1.29 is 33.7 Å². The maximum atomic E-state index is 12.2. The molecule has 0 unspecified atom stereocenters. The number of amides is 2. The van der Waals surface area contributed by atoms with Gasteiger partial charge in [0.05, 0.1) is 13.2 Å². The van der Waals surface area contributed by atoms with Crippen molar-refractivity contribution in [3.05, 3.63) is 83.6 Å². The number of carboxylic acids is 1. The van der Waals surface area contributed by atoms with Crippen LogP contribution in [-0.2, 0) is 32.2 Å². The van der Waals surface area contributed by atoms with Gasteiger partial charge in [-0.2, -0.15) is 0 Å². The Kier molecular flexibility index (Phi) is 7.23. The van der Waals surface area contributed by atoms with Crippen molar-refractivity contribution in [2.75, 3.05) is 13.2 Å². The summed E-state index contributed by atoms with van der Waals surface area (Å²) in [7, 11) is 0. The van der Waals surface area contributed by atoms with Crippen molar-refractivity contribution in [2.24, 2.45) is 0 Å². The summed E-state index contributed by atoms with van der Waals surface area (Å²) in [5.41, 5.74) is 0.00450. The summed E-state index contributed by atoms with van der Waals surface area (Å²) < 4.78 is 15.4. The second-order valence-corrected chi connectivity index (χ2v) is 6.89. The summed E-state index contributed by atoms with van der Waals surface area (Å²) in [5, 5.41) is 14.2. The zero-order chi connectivity index (χ0) is 22.1. The van der Waals surface area contributed by atoms with Gasteiger partial charge < -0.3 is 24.6 Å². The van der Waals surface area contributed by atoms with Crippen LogP contribution in [0, 0.1) is 0 Å². The molecule has 2 aromatic rings. The van der Waals surface area contributed by atoms with Crippen molar-refractivity contribution in [3.63, 3.8) is 0 Å². The third-order valence-electron chi connectivity index (χ3n) is 4.38. The fourth-order valence-corrected chi connectivity index (χ4v) is 2.77. The minimum absolute atomic E-state index is 0.0160. The summed E-state index contributed by atoms with van der Waals surface area (Å²) in [4.78, 5) is 35.8. The molecule has 0 saturated carbocycles. The molecule has 9 nitrogen and oxygen atoms in total. The average molecular weight is 426 g/mol. The SMILES string of the molecule is O=C(N/C(=C\C1(NC(=O)OCc2ccccc2)COC1)C(=O)O)OCc1ccccc1. The summed E-state index contributed by atoms with van der Waals surface area (Å²) >= 11 is 0. The fraction of sp³-hybridized carbons (Fsp3) is 0.227. The Bertz CT molecular complexity index is 941. The number of hydrogen-bond donors (Lipinski definition) is 3. The van der Waals surface area contributed by atoms with E-state index in [0.717, 1.165) is 11.1 Å². The van der Waals surface area contributed by atoms with E-state index in [9.17, 15) is 19.5 Å². The minimum Gasteiger partial charge on any atom is -0.477 e. The zero-order valence-electron chi connectivity index (χ0n) is 16.6. The molecule has 1 heterocycles. The number of hydrogen-bond acceptors (Lipinski definition) is 6. The van der Waals surface area contributed by atoms with Gasteiger partial charge in [0.1, 0.15) is 24.4 Å². The third-order valence-corrected chi connectivity index (χ3v) is 4.38. The van der Waals surface area contributed by atoms with Crippen LogP contribution in [0.15, 0.2) is 72.4 Å². The molecule has 1 saturated heterocycles. The number of nitrogens with one attached hydrogen (secondary N) is 2. The first kappa shape index (κ1) is 21.8. The topological polar surface area (TPSA) is 123 Å². The van der Waals surface area contributed by atoms with E-state index < -0.39 is 29.4 Å². The van der Waals surface area contributed by atoms with Gasteiger partial charge in [0.25, 0.3) is 0 Å². The Balaban J connectivity index is 1.58. The van der Waals surface area contributed by atoms with Crippen molar-refractivity contribution in [1.82, 2.24) is 10.6 Å². The van der Waals surface area contributed by atoms with Crippen LogP contribution >= 0.6 is 0 Å². The van der Waals surface area contributed by atoms with Crippen LogP contribution in [0.4, 0.5) is 9.59 Å². The Morgan fingerprint density at radius 1 is 0.903 bits per heavy atom. The highest BCUT2D eigenvalue weighted by molar-refractivity contribution is 5.91. The number of carbonyl (C=O) groups is 3. The molecule has 31 heavy (non-hydrogen) atoms. The molecule has 2 aromatic carbocycles. The smallest absolute Gasteiger partial charge is 0.412 e. The summed E-state index contributed by atoms with van der Waals surface area (Å²) in [6, 6.07) is 18.1. The van der Waals surface area contributed by atoms with Crippen molar-refractivity contribution in [2.45, 2.75) is 18.8 Å². The normalized spacial score (nSPS) is 14.6. The maximum absolute atomic E-state index is 12.2. The van der Waals surface area contributed by atoms with Gasteiger partial charge in [0, 0.05) is 0 Å². The van der Waals surface area contributed by atoms with Crippen LogP contribution in [0.3, 0.4) is 0 Å². The Labute approximate surface area is 178 Å². The van der Waals surface area contributed by atoms with Crippen LogP contribution in [0.2, 0.25) is 0 Å². The van der Waals surface area contributed by atoms with Gasteiger partial charge in [-0.15, -0.1) is 0 Å². The lowest BCUT2D eigenvalue weighted by Gasteiger charge is -2.39. The average Bonchev–Trinajstić information content (AvgIpc) is 2.75. The molecular weight excluding hydrogens is 404 g/mol. The van der Waals surface area contributed by atoms with Crippen LogP contribution in [0.25, 0.3) is 0 Å². The first-order chi connectivity index (χ1) is 15.0. The zero-order valence-corrected chi connectivity index (χ0v) is 16.6. The molecule has 1 aliphatic rings. The molecule has 0 bridgehead atoms. The van der Waals surface area contributed by atoms with Gasteiger partial charge in [-0.05, 0) is 17.2 Å². The molecule has 0 aliphatic carbocycles. The number of carbonyl (C=O) groups excluding carboxylic acids is 2. The minimum atomic E-state index is -1.39. The standard InChI is InChI=1S/C22H22N2O7/c25-19(26)18(23-20(27)30-12-16-7-3-1-4-8-16)11-22(14-29-15-22)24-21(28)31-13-17-9-5-2-6-10-17/h1-11H,12-15H2,(H,23,27)(H,24,28)(H,25,26)/b18-11-. The van der Waals surface area contributed by atoms with Crippen LogP contribution < -0.4 is 10.6 Å². The molecule has 2 amide bonds. The molecular formula is C22H22N2O7. The molecule has 1 fully saturated rings. The van der Waals surface area contributed by atoms with Gasteiger partial charge in [-0.1, -0.05) is 60.7 Å². The highest BCUT2D eigenvalue weighted by Gasteiger charge is 2.40. The second-order valence-electron chi connectivity index (χ2n) is 6.89. The van der Waals surface area contributed by atoms with E-state index in [0.29, 0.717) is 0 Å². The van der Waals surface area contributed by atoms with Gasteiger partial charge in [0.2, 0.25) is 0 Å². The lowest BCUT2D eigenvalue weighted by atomic mass is 9.96. The quantitative estimate of drug-likeness (QED) is 0.555. The van der Waals surface area contributed by atoms with E-state index in [4.69, 9.17) is 14.2 Å². The van der Waals surface area contributed by atoms with Gasteiger partial charge in [-0.25, -0.2) is 14.4 Å². The van der Waals surface area contributed by atoms with Crippen LogP contribution in [0.1, 0.15) is 11.1 Å². The molecule has 3 N–H and O–H groups in total. The van der Waals surface area contributed by atoms with Gasteiger partial charge in [0.15, 0.2) is 0 Å². The fourth-order valence-electron chi connectivity index (χ4n) is 2.77. The van der Waals surface area contributed by atoms with E-state index in [1.807, 2.05) is 36.4 Å². The third kappa shape index (κ3) is 6.58. The largest absolute Gasteiger partial charge is 0.477 e. The number of benzene rings is 2. The molecule has 0 spiro atoms. The molecule has 9 heteroatoms. The number of rotatable bonds is 8. The summed E-state index contributed by atoms with van der Waals surface area (Å²) in [6.45, 7) is 0.108. The van der Waals surface area contributed by atoms with E-state index in [-0.39, 0.29) is 26.4 Å².